The summed E-state index contributed by atoms with van der Waals surface area (Å²) >= 11 is 5.99. The van der Waals surface area contributed by atoms with E-state index in [4.69, 9.17) is 11.6 Å². The van der Waals surface area contributed by atoms with Gasteiger partial charge in [0.25, 0.3) is 5.91 Å². The number of carbonyl (C=O) groups is 1. The molecule has 0 saturated heterocycles. The maximum atomic E-state index is 12.5. The molecule has 1 amide bonds. The maximum absolute atomic E-state index is 12.5. The molecule has 1 aromatic carbocycles. The zero-order valence-electron chi connectivity index (χ0n) is 12.1. The zero-order valence-corrected chi connectivity index (χ0v) is 13.6. The predicted molar refractivity (Wildman–Crippen MR) is 79.6 cm³/mol. The van der Waals surface area contributed by atoms with Crippen molar-refractivity contribution in [2.45, 2.75) is 18.7 Å². The minimum Gasteiger partial charge on any atom is -0.345 e. The quantitative estimate of drug-likeness (QED) is 0.835. The monoisotopic (exact) mass is 318 g/mol. The van der Waals surface area contributed by atoms with Crippen molar-refractivity contribution >= 4 is 27.5 Å². The Kier molecular flexibility index (Phi) is 5.56. The van der Waals surface area contributed by atoms with E-state index < -0.39 is 10.0 Å². The van der Waals surface area contributed by atoms with E-state index in [9.17, 15) is 13.2 Å². The molecular weight excluding hydrogens is 300 g/mol. The standard InChI is InChI=1S/C13H19ClN2O3S/c1-5-16(6-2)20(18,19)12-9-10(7-8-11(12)14)13(17)15(3)4/h7-9H,5-6H2,1-4H3. The fraction of sp³-hybridized carbons (Fsp3) is 0.462. The molecule has 0 saturated carbocycles. The smallest absolute Gasteiger partial charge is 0.253 e. The van der Waals surface area contributed by atoms with Crippen LogP contribution in [-0.2, 0) is 10.0 Å². The maximum Gasteiger partial charge on any atom is 0.253 e. The number of sulfonamides is 1. The number of benzene rings is 1. The first-order valence-electron chi connectivity index (χ1n) is 6.27. The minimum atomic E-state index is -3.68. The molecule has 0 heterocycles. The van der Waals surface area contributed by atoms with Crippen LogP contribution in [0.5, 0.6) is 0 Å². The van der Waals surface area contributed by atoms with Gasteiger partial charge in [0.1, 0.15) is 4.90 Å². The van der Waals surface area contributed by atoms with Crippen molar-refractivity contribution in [2.24, 2.45) is 0 Å². The molecule has 7 heteroatoms. The first-order chi connectivity index (χ1) is 9.25. The van der Waals surface area contributed by atoms with E-state index in [0.717, 1.165) is 0 Å². The lowest BCUT2D eigenvalue weighted by Crippen LogP contribution is -2.31. The number of rotatable bonds is 5. The number of carbonyl (C=O) groups excluding carboxylic acids is 1. The van der Waals surface area contributed by atoms with Crippen LogP contribution in [0, 0.1) is 0 Å². The average Bonchev–Trinajstić information content (AvgIpc) is 2.39. The Morgan fingerprint density at radius 3 is 2.20 bits per heavy atom. The van der Waals surface area contributed by atoms with Crippen LogP contribution in [0.4, 0.5) is 0 Å². The van der Waals surface area contributed by atoms with Crippen molar-refractivity contribution in [1.82, 2.24) is 9.21 Å². The van der Waals surface area contributed by atoms with Crippen molar-refractivity contribution in [3.05, 3.63) is 28.8 Å². The predicted octanol–water partition coefficient (Wildman–Crippen LogP) is 2.07. The molecule has 0 fully saturated rings. The molecule has 0 spiro atoms. The van der Waals surface area contributed by atoms with Gasteiger partial charge >= 0.3 is 0 Å². The van der Waals surface area contributed by atoms with Crippen molar-refractivity contribution in [3.63, 3.8) is 0 Å². The molecule has 112 valence electrons. The molecule has 20 heavy (non-hydrogen) atoms. The largest absolute Gasteiger partial charge is 0.345 e. The van der Waals surface area contributed by atoms with Crippen molar-refractivity contribution in [2.75, 3.05) is 27.2 Å². The van der Waals surface area contributed by atoms with E-state index in [1.165, 1.54) is 27.4 Å². The van der Waals surface area contributed by atoms with Crippen LogP contribution in [0.3, 0.4) is 0 Å². The van der Waals surface area contributed by atoms with Crippen LogP contribution in [0.25, 0.3) is 0 Å². The second kappa shape index (κ2) is 6.56. The van der Waals surface area contributed by atoms with E-state index in [-0.39, 0.29) is 15.8 Å². The van der Waals surface area contributed by atoms with Crippen LogP contribution >= 0.6 is 11.6 Å². The van der Waals surface area contributed by atoms with Crippen LogP contribution in [0.1, 0.15) is 24.2 Å². The highest BCUT2D eigenvalue weighted by Gasteiger charge is 2.25. The molecule has 5 nitrogen and oxygen atoms in total. The lowest BCUT2D eigenvalue weighted by molar-refractivity contribution is 0.0827. The summed E-state index contributed by atoms with van der Waals surface area (Å²) in [5.41, 5.74) is 0.296. The van der Waals surface area contributed by atoms with Gasteiger partial charge in [0, 0.05) is 32.7 Å². The van der Waals surface area contributed by atoms with Gasteiger partial charge in [-0.15, -0.1) is 0 Å². The molecule has 0 unspecified atom stereocenters. The average molecular weight is 319 g/mol. The molecule has 0 radical (unpaired) electrons. The van der Waals surface area contributed by atoms with Crippen LogP contribution in [0.2, 0.25) is 5.02 Å². The first-order valence-corrected chi connectivity index (χ1v) is 8.08. The molecule has 1 rings (SSSR count). The van der Waals surface area contributed by atoms with E-state index in [1.807, 2.05) is 0 Å². The molecule has 0 aromatic heterocycles. The SMILES string of the molecule is CCN(CC)S(=O)(=O)c1cc(C(=O)N(C)C)ccc1Cl. The van der Waals surface area contributed by atoms with Gasteiger partial charge in [-0.25, -0.2) is 8.42 Å². The Bertz CT molecular complexity index is 596. The minimum absolute atomic E-state index is 0.0319. The normalized spacial score (nSPS) is 11.7. The third-order valence-electron chi connectivity index (χ3n) is 2.91. The topological polar surface area (TPSA) is 57.7 Å². The lowest BCUT2D eigenvalue weighted by atomic mass is 10.2. The summed E-state index contributed by atoms with van der Waals surface area (Å²) in [6.45, 7) is 4.20. The van der Waals surface area contributed by atoms with Gasteiger partial charge in [-0.3, -0.25) is 4.79 Å². The molecule has 0 aliphatic rings. The second-order valence-electron chi connectivity index (χ2n) is 4.43. The van der Waals surface area contributed by atoms with Crippen molar-refractivity contribution < 1.29 is 13.2 Å². The Morgan fingerprint density at radius 1 is 1.20 bits per heavy atom. The zero-order chi connectivity index (χ0) is 15.5. The number of halogens is 1. The molecule has 0 bridgehead atoms. The number of hydrogen-bond acceptors (Lipinski definition) is 3. The number of amides is 1. The first kappa shape index (κ1) is 16.9. The third kappa shape index (κ3) is 3.31. The van der Waals surface area contributed by atoms with E-state index in [2.05, 4.69) is 0 Å². The highest BCUT2D eigenvalue weighted by molar-refractivity contribution is 7.89. The van der Waals surface area contributed by atoms with Crippen molar-refractivity contribution in [1.29, 1.82) is 0 Å². The molecule has 0 N–H and O–H groups in total. The summed E-state index contributed by atoms with van der Waals surface area (Å²) in [6.07, 6.45) is 0. The van der Waals surface area contributed by atoms with E-state index >= 15 is 0 Å². The van der Waals surface area contributed by atoms with Gasteiger partial charge in [0.2, 0.25) is 10.0 Å². The molecular formula is C13H19ClN2O3S. The summed E-state index contributed by atoms with van der Waals surface area (Å²) in [6, 6.07) is 4.29. The van der Waals surface area contributed by atoms with Gasteiger partial charge in [0.15, 0.2) is 0 Å². The Labute approximate surface area is 125 Å². The molecule has 0 aliphatic heterocycles. The van der Waals surface area contributed by atoms with Crippen molar-refractivity contribution in [3.8, 4) is 0 Å². The Morgan fingerprint density at radius 2 is 1.75 bits per heavy atom. The van der Waals surface area contributed by atoms with Gasteiger partial charge in [-0.2, -0.15) is 4.31 Å². The van der Waals surface area contributed by atoms with Crippen LogP contribution in [-0.4, -0.2) is 50.7 Å². The number of hydrogen-bond donors (Lipinski definition) is 0. The van der Waals surface area contributed by atoms with Gasteiger partial charge < -0.3 is 4.90 Å². The van der Waals surface area contributed by atoms with E-state index in [1.54, 1.807) is 27.9 Å². The Hall–Kier alpha value is -1.11. The Balaban J connectivity index is 3.38. The number of nitrogens with zero attached hydrogens (tertiary/aromatic N) is 2. The fourth-order valence-corrected chi connectivity index (χ4v) is 3.75. The van der Waals surface area contributed by atoms with Gasteiger partial charge in [0.05, 0.1) is 5.02 Å². The van der Waals surface area contributed by atoms with Gasteiger partial charge in [-0.1, -0.05) is 25.4 Å². The van der Waals surface area contributed by atoms with E-state index in [0.29, 0.717) is 18.7 Å². The second-order valence-corrected chi connectivity index (χ2v) is 6.75. The third-order valence-corrected chi connectivity index (χ3v) is 5.44. The molecule has 0 aliphatic carbocycles. The van der Waals surface area contributed by atoms with Gasteiger partial charge in [-0.05, 0) is 18.2 Å². The summed E-state index contributed by atoms with van der Waals surface area (Å²) in [5, 5.41) is 0.118. The highest BCUT2D eigenvalue weighted by Crippen LogP contribution is 2.26. The molecule has 1 aromatic rings. The lowest BCUT2D eigenvalue weighted by Gasteiger charge is -2.20. The highest BCUT2D eigenvalue weighted by atomic mass is 35.5. The fourth-order valence-electron chi connectivity index (χ4n) is 1.79. The summed E-state index contributed by atoms with van der Waals surface area (Å²) < 4.78 is 26.3. The van der Waals surface area contributed by atoms with Crippen LogP contribution in [0.15, 0.2) is 23.1 Å². The summed E-state index contributed by atoms with van der Waals surface area (Å²) in [7, 11) is -0.470. The molecule has 0 atom stereocenters. The summed E-state index contributed by atoms with van der Waals surface area (Å²) in [4.78, 5) is 13.3. The summed E-state index contributed by atoms with van der Waals surface area (Å²) in [5.74, 6) is -0.266. The van der Waals surface area contributed by atoms with Crippen LogP contribution < -0.4 is 0 Å².